The minimum Gasteiger partial charge on any atom is -0.395 e. The second kappa shape index (κ2) is 7.89. The Balaban J connectivity index is 1.93. The number of nitrogens with one attached hydrogen (secondary N) is 1. The number of nitrogens with zero attached hydrogens (tertiary/aromatic N) is 3. The minimum absolute atomic E-state index is 0.0382. The van der Waals surface area contributed by atoms with Gasteiger partial charge in [-0.3, -0.25) is 0 Å². The quantitative estimate of drug-likeness (QED) is 0.503. The summed E-state index contributed by atoms with van der Waals surface area (Å²) in [7, 11) is 0. The molecule has 5 nitrogen and oxygen atoms in total. The number of anilines is 1. The molecule has 0 saturated heterocycles. The third-order valence-corrected chi connectivity index (χ3v) is 4.95. The zero-order valence-corrected chi connectivity index (χ0v) is 16.7. The normalized spacial score (nSPS) is 11.0. The molecule has 0 atom stereocenters. The van der Waals surface area contributed by atoms with E-state index >= 15 is 0 Å². The van der Waals surface area contributed by atoms with Gasteiger partial charge in [-0.05, 0) is 49.2 Å². The van der Waals surface area contributed by atoms with Gasteiger partial charge in [0, 0.05) is 29.9 Å². The molecule has 0 aliphatic carbocycles. The summed E-state index contributed by atoms with van der Waals surface area (Å²) < 4.78 is 2.25. The number of rotatable bonds is 6. The Morgan fingerprint density at radius 3 is 2.48 bits per heavy atom. The van der Waals surface area contributed by atoms with Gasteiger partial charge in [-0.25, -0.2) is 9.97 Å². The van der Waals surface area contributed by atoms with E-state index in [4.69, 9.17) is 5.11 Å². The minimum atomic E-state index is 0.0382. The van der Waals surface area contributed by atoms with Crippen LogP contribution in [0.15, 0.2) is 61.4 Å². The van der Waals surface area contributed by atoms with Crippen LogP contribution in [-0.2, 0) is 0 Å². The molecule has 29 heavy (non-hydrogen) atoms. The predicted octanol–water partition coefficient (Wildman–Crippen LogP) is 4.75. The molecular formula is C24H24N4O. The Morgan fingerprint density at radius 2 is 1.76 bits per heavy atom. The van der Waals surface area contributed by atoms with Crippen molar-refractivity contribution in [1.29, 1.82) is 0 Å². The van der Waals surface area contributed by atoms with Crippen molar-refractivity contribution in [2.75, 3.05) is 18.5 Å². The van der Waals surface area contributed by atoms with E-state index in [0.29, 0.717) is 12.5 Å². The Hall–Kier alpha value is -3.44. The average Bonchev–Trinajstić information content (AvgIpc) is 3.11. The third-order valence-electron chi connectivity index (χ3n) is 4.95. The summed E-state index contributed by atoms with van der Waals surface area (Å²) in [5.74, 6) is 0.503. The lowest BCUT2D eigenvalue weighted by Gasteiger charge is -2.15. The molecule has 4 aromatic rings. The fraction of sp³-hybridized carbons (Fsp3) is 0.167. The highest BCUT2D eigenvalue weighted by Crippen LogP contribution is 2.33. The van der Waals surface area contributed by atoms with Gasteiger partial charge >= 0.3 is 0 Å². The average molecular weight is 384 g/mol. The number of aromatic nitrogens is 3. The van der Waals surface area contributed by atoms with Crippen molar-refractivity contribution < 1.29 is 5.11 Å². The van der Waals surface area contributed by atoms with Crippen molar-refractivity contribution in [1.82, 2.24) is 14.5 Å². The van der Waals surface area contributed by atoms with Gasteiger partial charge in [0.25, 0.3) is 0 Å². The van der Waals surface area contributed by atoms with E-state index in [0.717, 1.165) is 33.4 Å². The van der Waals surface area contributed by atoms with Crippen LogP contribution < -0.4 is 5.32 Å². The van der Waals surface area contributed by atoms with Crippen LogP contribution in [0, 0.1) is 13.8 Å². The first kappa shape index (κ1) is 18.9. The second-order valence-corrected chi connectivity index (χ2v) is 7.14. The van der Waals surface area contributed by atoms with Gasteiger partial charge in [-0.15, -0.1) is 0 Å². The predicted molar refractivity (Wildman–Crippen MR) is 119 cm³/mol. The maximum absolute atomic E-state index is 8.97. The van der Waals surface area contributed by atoms with Crippen LogP contribution in [-0.4, -0.2) is 32.8 Å². The molecule has 2 aromatic carbocycles. The molecule has 0 saturated carbocycles. The SMILES string of the molecule is C=Cc1cc(C)ccc1-n1c(-c2cnc(NCCO)nc2)cc2ccc(C)cc21. The van der Waals surface area contributed by atoms with Crippen molar-refractivity contribution in [3.05, 3.63) is 78.1 Å². The van der Waals surface area contributed by atoms with E-state index in [9.17, 15) is 0 Å². The number of aryl methyl sites for hydroxylation is 2. The van der Waals surface area contributed by atoms with Crippen molar-refractivity contribution in [2.24, 2.45) is 0 Å². The zero-order valence-electron chi connectivity index (χ0n) is 16.7. The van der Waals surface area contributed by atoms with Gasteiger partial charge in [-0.2, -0.15) is 0 Å². The number of aliphatic hydroxyl groups is 1. The van der Waals surface area contributed by atoms with E-state index in [1.165, 1.54) is 11.1 Å². The number of hydrogen-bond acceptors (Lipinski definition) is 4. The second-order valence-electron chi connectivity index (χ2n) is 7.14. The summed E-state index contributed by atoms with van der Waals surface area (Å²) >= 11 is 0. The van der Waals surface area contributed by atoms with Gasteiger partial charge < -0.3 is 15.0 Å². The molecule has 2 aromatic heterocycles. The Morgan fingerprint density at radius 1 is 1.03 bits per heavy atom. The van der Waals surface area contributed by atoms with Crippen LogP contribution in [0.3, 0.4) is 0 Å². The molecule has 0 aliphatic rings. The third kappa shape index (κ3) is 3.65. The van der Waals surface area contributed by atoms with Crippen molar-refractivity contribution in [3.63, 3.8) is 0 Å². The first-order valence-corrected chi connectivity index (χ1v) is 9.63. The molecule has 0 unspecified atom stereocenters. The number of benzene rings is 2. The van der Waals surface area contributed by atoms with Gasteiger partial charge in [0.1, 0.15) is 0 Å². The highest BCUT2D eigenvalue weighted by Gasteiger charge is 2.15. The molecule has 2 N–H and O–H groups in total. The number of fused-ring (bicyclic) bond motifs is 1. The van der Waals surface area contributed by atoms with Crippen LogP contribution in [0.25, 0.3) is 33.9 Å². The van der Waals surface area contributed by atoms with E-state index in [1.807, 2.05) is 18.5 Å². The number of aliphatic hydroxyl groups excluding tert-OH is 1. The van der Waals surface area contributed by atoms with Crippen LogP contribution in [0.1, 0.15) is 16.7 Å². The summed E-state index contributed by atoms with van der Waals surface area (Å²) in [6, 6.07) is 15.0. The Bertz CT molecular complexity index is 1180. The summed E-state index contributed by atoms with van der Waals surface area (Å²) in [6.07, 6.45) is 5.52. The summed E-state index contributed by atoms with van der Waals surface area (Å²) in [5, 5.41) is 13.1. The van der Waals surface area contributed by atoms with Crippen molar-refractivity contribution in [3.8, 4) is 16.9 Å². The fourth-order valence-corrected chi connectivity index (χ4v) is 3.54. The first-order chi connectivity index (χ1) is 14.1. The van der Waals surface area contributed by atoms with E-state index in [2.05, 4.69) is 82.7 Å². The fourth-order valence-electron chi connectivity index (χ4n) is 3.54. The lowest BCUT2D eigenvalue weighted by molar-refractivity contribution is 0.311. The smallest absolute Gasteiger partial charge is 0.222 e. The molecule has 0 bridgehead atoms. The number of hydrogen-bond donors (Lipinski definition) is 2. The molecule has 0 spiro atoms. The molecular weight excluding hydrogens is 360 g/mol. The monoisotopic (exact) mass is 384 g/mol. The molecule has 0 amide bonds. The molecule has 0 aliphatic heterocycles. The Kier molecular flexibility index (Phi) is 5.14. The van der Waals surface area contributed by atoms with Gasteiger partial charge in [0.15, 0.2) is 0 Å². The van der Waals surface area contributed by atoms with E-state index in [1.54, 1.807) is 0 Å². The van der Waals surface area contributed by atoms with E-state index in [-0.39, 0.29) is 6.61 Å². The van der Waals surface area contributed by atoms with Crippen LogP contribution in [0.2, 0.25) is 0 Å². The van der Waals surface area contributed by atoms with Crippen LogP contribution in [0.4, 0.5) is 5.95 Å². The van der Waals surface area contributed by atoms with Crippen molar-refractivity contribution in [2.45, 2.75) is 13.8 Å². The Labute approximate surface area is 170 Å². The topological polar surface area (TPSA) is 63.0 Å². The molecule has 0 fully saturated rings. The molecule has 4 rings (SSSR count). The van der Waals surface area contributed by atoms with Gasteiger partial charge in [0.2, 0.25) is 5.95 Å². The van der Waals surface area contributed by atoms with Crippen LogP contribution in [0.5, 0.6) is 0 Å². The first-order valence-electron chi connectivity index (χ1n) is 9.63. The molecule has 2 heterocycles. The summed E-state index contributed by atoms with van der Waals surface area (Å²) in [5.41, 5.74) is 7.62. The lowest BCUT2D eigenvalue weighted by atomic mass is 10.1. The molecule has 0 radical (unpaired) electrons. The summed E-state index contributed by atoms with van der Waals surface area (Å²) in [6.45, 7) is 8.66. The van der Waals surface area contributed by atoms with Gasteiger partial charge in [-0.1, -0.05) is 36.4 Å². The lowest BCUT2D eigenvalue weighted by Crippen LogP contribution is -2.08. The zero-order chi connectivity index (χ0) is 20.4. The highest BCUT2D eigenvalue weighted by atomic mass is 16.3. The molecule has 146 valence electrons. The largest absolute Gasteiger partial charge is 0.395 e. The molecule has 5 heteroatoms. The maximum Gasteiger partial charge on any atom is 0.222 e. The van der Waals surface area contributed by atoms with Crippen LogP contribution >= 0.6 is 0 Å². The van der Waals surface area contributed by atoms with Crippen molar-refractivity contribution >= 4 is 22.9 Å². The standard InChI is InChI=1S/C24H24N4O/c1-4-18-11-16(2)6-8-21(18)28-22-12-17(3)5-7-19(22)13-23(28)20-14-26-24(27-15-20)25-9-10-29/h4-8,11-15,29H,1,9-10H2,2-3H3,(H,25,26,27). The highest BCUT2D eigenvalue weighted by molar-refractivity contribution is 5.90. The maximum atomic E-state index is 8.97. The summed E-state index contributed by atoms with van der Waals surface area (Å²) in [4.78, 5) is 8.81. The van der Waals surface area contributed by atoms with Gasteiger partial charge in [0.05, 0.1) is 23.5 Å². The van der Waals surface area contributed by atoms with E-state index < -0.39 is 0 Å².